The van der Waals surface area contributed by atoms with E-state index >= 15 is 8.78 Å². The highest BCUT2D eigenvalue weighted by Gasteiger charge is 2.37. The molecule has 2 aliphatic rings. The van der Waals surface area contributed by atoms with Crippen molar-refractivity contribution in [3.8, 4) is 11.5 Å². The molecule has 3 heterocycles. The third kappa shape index (κ3) is 4.97. The molecule has 1 aromatic heterocycles. The molecule has 2 aliphatic heterocycles. The number of rotatable bonds is 8. The molecule has 0 spiro atoms. The second-order valence-electron chi connectivity index (χ2n) is 8.66. The summed E-state index contributed by atoms with van der Waals surface area (Å²) in [4.78, 5) is 32.4. The van der Waals surface area contributed by atoms with Crippen LogP contribution in [0.15, 0.2) is 31.0 Å². The first kappa shape index (κ1) is 25.4. The number of nitrogens with zero attached hydrogens (tertiary/aromatic N) is 3. The number of amides is 3. The molecule has 0 aliphatic carbocycles. The van der Waals surface area contributed by atoms with Crippen molar-refractivity contribution in [1.82, 2.24) is 15.6 Å². The Morgan fingerprint density at radius 3 is 2.50 bits per heavy atom. The van der Waals surface area contributed by atoms with E-state index in [0.717, 1.165) is 43.0 Å². The van der Waals surface area contributed by atoms with Gasteiger partial charge >= 0.3 is 6.03 Å². The van der Waals surface area contributed by atoms with Crippen molar-refractivity contribution in [2.24, 2.45) is 5.92 Å². The molecule has 2 N–H and O–H groups in total. The molecular formula is C25H29F2N5O4. The van der Waals surface area contributed by atoms with Gasteiger partial charge in [0, 0.05) is 24.4 Å². The summed E-state index contributed by atoms with van der Waals surface area (Å²) in [5.41, 5.74) is 1.21. The van der Waals surface area contributed by atoms with Gasteiger partial charge in [-0.1, -0.05) is 6.58 Å². The Hall–Kier alpha value is -3.73. The topological polar surface area (TPSA) is 96.0 Å². The Labute approximate surface area is 208 Å². The Morgan fingerprint density at radius 2 is 1.89 bits per heavy atom. The molecule has 0 unspecified atom stereocenters. The molecule has 3 amide bonds. The first-order chi connectivity index (χ1) is 17.4. The van der Waals surface area contributed by atoms with Crippen LogP contribution in [-0.2, 0) is 17.9 Å². The van der Waals surface area contributed by atoms with Crippen LogP contribution < -0.4 is 29.9 Å². The van der Waals surface area contributed by atoms with Crippen LogP contribution in [0.25, 0.3) is 0 Å². The van der Waals surface area contributed by atoms with E-state index in [2.05, 4.69) is 22.2 Å². The van der Waals surface area contributed by atoms with E-state index in [0.29, 0.717) is 23.5 Å². The number of halogens is 2. The summed E-state index contributed by atoms with van der Waals surface area (Å²) in [6.07, 6.45) is 4.45. The van der Waals surface area contributed by atoms with E-state index in [4.69, 9.17) is 9.47 Å². The first-order valence-electron chi connectivity index (χ1n) is 11.7. The predicted octanol–water partition coefficient (Wildman–Crippen LogP) is 3.13. The van der Waals surface area contributed by atoms with E-state index in [9.17, 15) is 9.59 Å². The fourth-order valence-electron chi connectivity index (χ4n) is 4.50. The van der Waals surface area contributed by atoms with Crippen LogP contribution in [0.3, 0.4) is 0 Å². The smallest absolute Gasteiger partial charge is 0.329 e. The Morgan fingerprint density at radius 1 is 1.22 bits per heavy atom. The normalized spacial score (nSPS) is 15.9. The summed E-state index contributed by atoms with van der Waals surface area (Å²) in [6, 6.07) is 2.27. The molecule has 0 bridgehead atoms. The fraction of sp³-hybridized carbons (Fsp3) is 0.400. The fourth-order valence-corrected chi connectivity index (χ4v) is 4.50. The van der Waals surface area contributed by atoms with Gasteiger partial charge in [0.2, 0.25) is 5.91 Å². The molecule has 1 saturated heterocycles. The standard InChI is InChI=1S/C25H29F2N5O4/c1-4-21(33)30-12-17-9-18-16(11-29-17)14-32(25(34)31(18)13-15-5-7-28-8-6-15)24-22(26)19(35-2)10-20(36-3)23(24)27/h4,9-11,15,28H,1,5-8,12-14H2,2-3H3,(H,30,33). The summed E-state index contributed by atoms with van der Waals surface area (Å²) in [6.45, 7) is 5.50. The lowest BCUT2D eigenvalue weighted by molar-refractivity contribution is -0.116. The highest BCUT2D eigenvalue weighted by atomic mass is 19.1. The number of carbonyl (C=O) groups excluding carboxylic acids is 2. The molecule has 1 aromatic carbocycles. The minimum absolute atomic E-state index is 0.104. The Balaban J connectivity index is 1.76. The number of piperidine rings is 1. The van der Waals surface area contributed by atoms with Crippen molar-refractivity contribution in [2.75, 3.05) is 43.7 Å². The molecule has 1 fully saturated rings. The van der Waals surface area contributed by atoms with Gasteiger partial charge in [-0.15, -0.1) is 0 Å². The zero-order valence-corrected chi connectivity index (χ0v) is 20.3. The molecule has 11 heteroatoms. The van der Waals surface area contributed by atoms with Crippen molar-refractivity contribution >= 4 is 23.3 Å². The maximum atomic E-state index is 15.3. The van der Waals surface area contributed by atoms with Crippen LogP contribution in [0.1, 0.15) is 24.1 Å². The highest BCUT2D eigenvalue weighted by Crippen LogP contribution is 2.41. The van der Waals surface area contributed by atoms with Gasteiger partial charge in [-0.05, 0) is 44.0 Å². The monoisotopic (exact) mass is 501 g/mol. The lowest BCUT2D eigenvalue weighted by Crippen LogP contribution is -2.50. The molecule has 9 nitrogen and oxygen atoms in total. The van der Waals surface area contributed by atoms with Gasteiger partial charge in [-0.25, -0.2) is 13.6 Å². The van der Waals surface area contributed by atoms with Gasteiger partial charge < -0.3 is 20.1 Å². The number of benzene rings is 1. The zero-order valence-electron chi connectivity index (χ0n) is 20.3. The second-order valence-corrected chi connectivity index (χ2v) is 8.66. The van der Waals surface area contributed by atoms with Crippen molar-refractivity contribution < 1.29 is 27.8 Å². The number of methoxy groups -OCH3 is 2. The van der Waals surface area contributed by atoms with E-state index in [1.807, 2.05) is 0 Å². The number of carbonyl (C=O) groups is 2. The number of hydrogen-bond donors (Lipinski definition) is 2. The average molecular weight is 502 g/mol. The molecule has 0 radical (unpaired) electrons. The molecule has 4 rings (SSSR count). The first-order valence-corrected chi connectivity index (χ1v) is 11.7. The quantitative estimate of drug-likeness (QED) is 0.540. The maximum absolute atomic E-state index is 15.3. The van der Waals surface area contributed by atoms with Crippen molar-refractivity contribution in [1.29, 1.82) is 0 Å². The third-order valence-corrected chi connectivity index (χ3v) is 6.45. The largest absolute Gasteiger partial charge is 0.493 e. The van der Waals surface area contributed by atoms with E-state index in [1.54, 1.807) is 17.2 Å². The van der Waals surface area contributed by atoms with Crippen molar-refractivity contribution in [3.63, 3.8) is 0 Å². The van der Waals surface area contributed by atoms with Gasteiger partial charge in [-0.3, -0.25) is 19.6 Å². The Bertz CT molecular complexity index is 1140. The number of ether oxygens (including phenoxy) is 2. The van der Waals surface area contributed by atoms with Crippen molar-refractivity contribution in [2.45, 2.75) is 25.9 Å². The summed E-state index contributed by atoms with van der Waals surface area (Å²) < 4.78 is 40.8. The molecule has 2 aromatic rings. The van der Waals surface area contributed by atoms with Crippen LogP contribution in [-0.4, -0.2) is 50.8 Å². The number of fused-ring (bicyclic) bond motifs is 1. The summed E-state index contributed by atoms with van der Waals surface area (Å²) in [5, 5.41) is 5.97. The van der Waals surface area contributed by atoms with Gasteiger partial charge in [0.25, 0.3) is 0 Å². The molecule has 0 saturated carbocycles. The van der Waals surface area contributed by atoms with Crippen LogP contribution in [0, 0.1) is 17.6 Å². The minimum atomic E-state index is -0.994. The number of aromatic nitrogens is 1. The average Bonchev–Trinajstić information content (AvgIpc) is 2.90. The number of anilines is 2. The number of hydrogen-bond acceptors (Lipinski definition) is 6. The lowest BCUT2D eigenvalue weighted by atomic mass is 9.96. The van der Waals surface area contributed by atoms with Crippen LogP contribution in [0.4, 0.5) is 25.0 Å². The van der Waals surface area contributed by atoms with Crippen LogP contribution in [0.5, 0.6) is 11.5 Å². The van der Waals surface area contributed by atoms with E-state index in [1.165, 1.54) is 14.2 Å². The van der Waals surface area contributed by atoms with Crippen molar-refractivity contribution in [3.05, 3.63) is 53.9 Å². The molecule has 192 valence electrons. The van der Waals surface area contributed by atoms with Gasteiger partial charge in [0.05, 0.1) is 38.7 Å². The Kier molecular flexibility index (Phi) is 7.68. The van der Waals surface area contributed by atoms with E-state index in [-0.39, 0.29) is 36.4 Å². The lowest BCUT2D eigenvalue weighted by Gasteiger charge is -2.39. The molecular weight excluding hydrogens is 472 g/mol. The number of pyridine rings is 1. The SMILES string of the molecule is C=CC(=O)NCc1cc2c(cn1)CN(c1c(F)c(OC)cc(OC)c1F)C(=O)N2CC1CCNCC1. The predicted molar refractivity (Wildman–Crippen MR) is 130 cm³/mol. The van der Waals surface area contributed by atoms with Gasteiger partial charge in [0.1, 0.15) is 5.69 Å². The maximum Gasteiger partial charge on any atom is 0.329 e. The zero-order chi connectivity index (χ0) is 25.8. The molecule has 0 atom stereocenters. The van der Waals surface area contributed by atoms with E-state index < -0.39 is 23.4 Å². The summed E-state index contributed by atoms with van der Waals surface area (Å²) in [7, 11) is 2.51. The summed E-state index contributed by atoms with van der Waals surface area (Å²) >= 11 is 0. The van der Waals surface area contributed by atoms with Gasteiger partial charge in [-0.2, -0.15) is 0 Å². The van der Waals surface area contributed by atoms with Crippen LogP contribution >= 0.6 is 0 Å². The second kappa shape index (κ2) is 10.9. The molecule has 36 heavy (non-hydrogen) atoms. The summed E-state index contributed by atoms with van der Waals surface area (Å²) in [5.74, 6) is -2.61. The van der Waals surface area contributed by atoms with Gasteiger partial charge in [0.15, 0.2) is 23.1 Å². The van der Waals surface area contributed by atoms with Crippen LogP contribution in [0.2, 0.25) is 0 Å². The minimum Gasteiger partial charge on any atom is -0.493 e. The number of urea groups is 1. The highest BCUT2D eigenvalue weighted by molar-refractivity contribution is 6.06. The number of nitrogens with one attached hydrogen (secondary N) is 2. The third-order valence-electron chi connectivity index (χ3n) is 6.45.